The highest BCUT2D eigenvalue weighted by atomic mass is 15.3. The molecule has 0 aliphatic carbocycles. The fourth-order valence-electron chi connectivity index (χ4n) is 3.39. The largest absolute Gasteiger partial charge is 0.357 e. The summed E-state index contributed by atoms with van der Waals surface area (Å²) in [6.45, 7) is 8.74. The molecule has 0 saturated carbocycles. The number of nitrogens with zero attached hydrogens (tertiary/aromatic N) is 4. The normalized spacial score (nSPS) is 15.4. The minimum Gasteiger partial charge on any atom is -0.357 e. The number of aromatic nitrogens is 1. The number of benzene rings is 1. The number of anilines is 1. The summed E-state index contributed by atoms with van der Waals surface area (Å²) in [5.74, 6) is 1.93. The summed E-state index contributed by atoms with van der Waals surface area (Å²) in [6.07, 6.45) is 4.11. The molecule has 0 atom stereocenters. The number of likely N-dealkylation sites (N-methyl/N-ethyl adjacent to an activating group) is 1. The number of piperazine rings is 1. The molecule has 0 spiro atoms. The summed E-state index contributed by atoms with van der Waals surface area (Å²) >= 11 is 0. The first kappa shape index (κ1) is 21.1. The highest BCUT2D eigenvalue weighted by molar-refractivity contribution is 5.79. The Kier molecular flexibility index (Phi) is 8.31. The molecule has 1 fully saturated rings. The van der Waals surface area contributed by atoms with E-state index in [0.29, 0.717) is 6.54 Å². The first-order valence-electron chi connectivity index (χ1n) is 10.7. The van der Waals surface area contributed by atoms with Crippen molar-refractivity contribution in [2.24, 2.45) is 4.99 Å². The minimum absolute atomic E-state index is 0.629. The molecule has 29 heavy (non-hydrogen) atoms. The van der Waals surface area contributed by atoms with Crippen LogP contribution < -0.4 is 15.5 Å². The molecule has 0 bridgehead atoms. The van der Waals surface area contributed by atoms with Crippen LogP contribution in [0.15, 0.2) is 53.7 Å². The predicted octanol–water partition coefficient (Wildman–Crippen LogP) is 2.52. The van der Waals surface area contributed by atoms with Gasteiger partial charge in [-0.2, -0.15) is 0 Å². The van der Waals surface area contributed by atoms with Crippen molar-refractivity contribution in [3.8, 4) is 0 Å². The number of nitrogens with one attached hydrogen (secondary N) is 2. The molecule has 6 heteroatoms. The molecule has 1 aliphatic heterocycles. The van der Waals surface area contributed by atoms with Gasteiger partial charge in [0.1, 0.15) is 5.82 Å². The molecule has 0 radical (unpaired) electrons. The lowest BCUT2D eigenvalue weighted by atomic mass is 10.1. The quantitative estimate of drug-likeness (QED) is 0.409. The molecule has 0 amide bonds. The van der Waals surface area contributed by atoms with Crippen LogP contribution in [-0.4, -0.2) is 62.2 Å². The van der Waals surface area contributed by atoms with Gasteiger partial charge in [0.15, 0.2) is 5.96 Å². The molecule has 1 saturated heterocycles. The number of hydrogen-bond donors (Lipinski definition) is 2. The number of rotatable bonds is 8. The van der Waals surface area contributed by atoms with E-state index in [4.69, 9.17) is 4.99 Å². The van der Waals surface area contributed by atoms with Crippen LogP contribution in [0.1, 0.15) is 24.5 Å². The molecular formula is C23H34N6. The van der Waals surface area contributed by atoms with Crippen LogP contribution in [0, 0.1) is 0 Å². The third-order valence-electron chi connectivity index (χ3n) is 5.18. The van der Waals surface area contributed by atoms with Crippen molar-refractivity contribution >= 4 is 11.8 Å². The Morgan fingerprint density at radius 1 is 1.00 bits per heavy atom. The van der Waals surface area contributed by atoms with Gasteiger partial charge in [-0.05, 0) is 44.0 Å². The maximum absolute atomic E-state index is 4.71. The summed E-state index contributed by atoms with van der Waals surface area (Å²) in [6, 6.07) is 14.9. The zero-order chi connectivity index (χ0) is 20.3. The van der Waals surface area contributed by atoms with E-state index in [9.17, 15) is 0 Å². The average Bonchev–Trinajstić information content (AvgIpc) is 2.76. The number of aliphatic imine (C=N–C) groups is 1. The molecule has 1 aromatic heterocycles. The van der Waals surface area contributed by atoms with Gasteiger partial charge in [0.25, 0.3) is 0 Å². The SMILES string of the molecule is CCNC(=NCc1ccc(N2CCN(C)CC2)nc1)NCCCc1ccccc1. The van der Waals surface area contributed by atoms with Crippen LogP contribution in [0.3, 0.4) is 0 Å². The minimum atomic E-state index is 0.629. The van der Waals surface area contributed by atoms with Gasteiger partial charge in [-0.15, -0.1) is 0 Å². The van der Waals surface area contributed by atoms with Crippen molar-refractivity contribution in [1.29, 1.82) is 0 Å². The Hall–Kier alpha value is -2.60. The number of hydrogen-bond acceptors (Lipinski definition) is 4. The first-order chi connectivity index (χ1) is 14.2. The van der Waals surface area contributed by atoms with Crippen molar-refractivity contribution in [2.45, 2.75) is 26.3 Å². The lowest BCUT2D eigenvalue weighted by Crippen LogP contribution is -2.44. The third-order valence-corrected chi connectivity index (χ3v) is 5.18. The zero-order valence-corrected chi connectivity index (χ0v) is 17.8. The van der Waals surface area contributed by atoms with E-state index in [1.807, 2.05) is 6.20 Å². The van der Waals surface area contributed by atoms with Gasteiger partial charge >= 0.3 is 0 Å². The Bertz CT molecular complexity index is 736. The van der Waals surface area contributed by atoms with Gasteiger partial charge in [0.2, 0.25) is 0 Å². The highest BCUT2D eigenvalue weighted by Gasteiger charge is 2.14. The highest BCUT2D eigenvalue weighted by Crippen LogP contribution is 2.14. The van der Waals surface area contributed by atoms with Crippen LogP contribution in [0.25, 0.3) is 0 Å². The second-order valence-corrected chi connectivity index (χ2v) is 7.53. The van der Waals surface area contributed by atoms with Gasteiger partial charge in [-0.1, -0.05) is 36.4 Å². The topological polar surface area (TPSA) is 55.8 Å². The molecule has 0 unspecified atom stereocenters. The third kappa shape index (κ3) is 7.06. The van der Waals surface area contributed by atoms with Crippen LogP contribution in [0.5, 0.6) is 0 Å². The number of guanidine groups is 1. The van der Waals surface area contributed by atoms with Gasteiger partial charge in [-0.25, -0.2) is 9.98 Å². The second-order valence-electron chi connectivity index (χ2n) is 7.53. The summed E-state index contributed by atoms with van der Waals surface area (Å²) < 4.78 is 0. The lowest BCUT2D eigenvalue weighted by Gasteiger charge is -2.33. The molecule has 2 aromatic rings. The standard InChI is InChI=1S/C23H34N6/c1-3-24-23(25-13-7-10-20-8-5-4-6-9-20)27-19-21-11-12-22(26-18-21)29-16-14-28(2)15-17-29/h4-6,8-9,11-12,18H,3,7,10,13-17,19H2,1-2H3,(H2,24,25,27). The van der Waals surface area contributed by atoms with Crippen molar-refractivity contribution in [2.75, 3.05) is 51.2 Å². The molecule has 2 N–H and O–H groups in total. The Balaban J connectivity index is 1.46. The Morgan fingerprint density at radius 3 is 2.48 bits per heavy atom. The smallest absolute Gasteiger partial charge is 0.191 e. The number of aryl methyl sites for hydroxylation is 1. The van der Waals surface area contributed by atoms with E-state index in [0.717, 1.165) is 69.5 Å². The van der Waals surface area contributed by atoms with Gasteiger partial charge < -0.3 is 20.4 Å². The molecule has 1 aromatic carbocycles. The summed E-state index contributed by atoms with van der Waals surface area (Å²) in [5.41, 5.74) is 2.51. The fraction of sp³-hybridized carbons (Fsp3) is 0.478. The Morgan fingerprint density at radius 2 is 1.79 bits per heavy atom. The Labute approximate surface area is 175 Å². The van der Waals surface area contributed by atoms with Crippen molar-refractivity contribution in [3.05, 3.63) is 59.8 Å². The molecule has 2 heterocycles. The van der Waals surface area contributed by atoms with E-state index in [1.54, 1.807) is 0 Å². The molecule has 6 nitrogen and oxygen atoms in total. The molecule has 3 rings (SSSR count). The van der Waals surface area contributed by atoms with Crippen molar-refractivity contribution in [1.82, 2.24) is 20.5 Å². The molecule has 156 valence electrons. The monoisotopic (exact) mass is 394 g/mol. The van der Waals surface area contributed by atoms with Gasteiger partial charge in [0, 0.05) is 45.5 Å². The fourth-order valence-corrected chi connectivity index (χ4v) is 3.39. The van der Waals surface area contributed by atoms with Gasteiger partial charge in [-0.3, -0.25) is 0 Å². The van der Waals surface area contributed by atoms with E-state index >= 15 is 0 Å². The second kappa shape index (κ2) is 11.4. The number of pyridine rings is 1. The maximum atomic E-state index is 4.71. The predicted molar refractivity (Wildman–Crippen MR) is 122 cm³/mol. The van der Waals surface area contributed by atoms with E-state index in [-0.39, 0.29) is 0 Å². The maximum Gasteiger partial charge on any atom is 0.191 e. The van der Waals surface area contributed by atoms with Crippen LogP contribution >= 0.6 is 0 Å². The van der Waals surface area contributed by atoms with Crippen LogP contribution in [0.2, 0.25) is 0 Å². The van der Waals surface area contributed by atoms with Crippen LogP contribution in [0.4, 0.5) is 5.82 Å². The average molecular weight is 395 g/mol. The van der Waals surface area contributed by atoms with Crippen molar-refractivity contribution < 1.29 is 0 Å². The lowest BCUT2D eigenvalue weighted by molar-refractivity contribution is 0.312. The summed E-state index contributed by atoms with van der Waals surface area (Å²) in [4.78, 5) is 14.1. The van der Waals surface area contributed by atoms with Gasteiger partial charge in [0.05, 0.1) is 6.54 Å². The molecular weight excluding hydrogens is 360 g/mol. The first-order valence-corrected chi connectivity index (χ1v) is 10.7. The van der Waals surface area contributed by atoms with Crippen molar-refractivity contribution in [3.63, 3.8) is 0 Å². The van der Waals surface area contributed by atoms with E-state index in [2.05, 4.69) is 81.9 Å². The summed E-state index contributed by atoms with van der Waals surface area (Å²) in [5, 5.41) is 6.76. The van der Waals surface area contributed by atoms with Crippen LogP contribution in [-0.2, 0) is 13.0 Å². The van der Waals surface area contributed by atoms with E-state index in [1.165, 1.54) is 5.56 Å². The zero-order valence-electron chi connectivity index (χ0n) is 17.8. The molecule has 1 aliphatic rings. The summed E-state index contributed by atoms with van der Waals surface area (Å²) in [7, 11) is 2.17. The van der Waals surface area contributed by atoms with E-state index < -0.39 is 0 Å².